The van der Waals surface area contributed by atoms with Gasteiger partial charge in [-0.05, 0) is 12.8 Å². The number of carbonyl (C=O) groups is 2. The first kappa shape index (κ1) is 7.73. The number of Topliss-reactive ketones (excluding diaryl/α,β-unsaturated/α-hetero) is 1. The van der Waals surface area contributed by atoms with Gasteiger partial charge in [0.05, 0.1) is 6.54 Å². The van der Waals surface area contributed by atoms with E-state index >= 15 is 0 Å². The number of piperidine rings is 3. The Hall–Kier alpha value is -0.900. The molecule has 0 aliphatic carbocycles. The number of aliphatic carboxylic acids is 1. The molecule has 3 rings (SSSR count). The van der Waals surface area contributed by atoms with Gasteiger partial charge < -0.3 is 5.11 Å². The second-order valence-corrected chi connectivity index (χ2v) is 3.51. The number of carbonyl (C=O) groups excluding carboxylic acids is 1. The molecular weight excluding hydrogens is 158 g/mol. The number of nitrogens with zero attached hydrogens (tertiary/aromatic N) is 1. The van der Waals surface area contributed by atoms with Gasteiger partial charge in [-0.25, -0.2) is 0 Å². The summed E-state index contributed by atoms with van der Waals surface area (Å²) in [4.78, 5) is 23.7. The largest absolute Gasteiger partial charge is 0.480 e. The molecule has 4 heteroatoms. The van der Waals surface area contributed by atoms with Gasteiger partial charge in [0.25, 0.3) is 0 Å². The van der Waals surface area contributed by atoms with Gasteiger partial charge in [-0.1, -0.05) is 0 Å². The molecule has 3 saturated heterocycles. The number of ketones is 1. The van der Waals surface area contributed by atoms with Gasteiger partial charge in [0, 0.05) is 12.5 Å². The Balaban J connectivity index is 2.15. The minimum Gasteiger partial charge on any atom is -0.480 e. The molecule has 3 unspecified atom stereocenters. The fourth-order valence-electron chi connectivity index (χ4n) is 2.08. The number of hydrogen-bond acceptors (Lipinski definition) is 3. The van der Waals surface area contributed by atoms with Gasteiger partial charge in [-0.3, -0.25) is 14.5 Å². The molecule has 12 heavy (non-hydrogen) atoms. The predicted octanol–water partition coefficient (Wildman–Crippen LogP) is -0.266. The highest BCUT2D eigenvalue weighted by molar-refractivity contribution is 5.87. The van der Waals surface area contributed by atoms with Gasteiger partial charge in [0.15, 0.2) is 0 Å². The first-order chi connectivity index (χ1) is 5.68. The Kier molecular flexibility index (Phi) is 1.65. The monoisotopic (exact) mass is 169 g/mol. The van der Waals surface area contributed by atoms with Crippen LogP contribution < -0.4 is 0 Å². The molecule has 0 aromatic heterocycles. The molecule has 0 radical (unpaired) electrons. The normalized spacial score (nSPS) is 40.0. The van der Waals surface area contributed by atoms with Crippen LogP contribution in [-0.2, 0) is 9.59 Å². The van der Waals surface area contributed by atoms with E-state index in [0.29, 0.717) is 13.0 Å². The third-order valence-electron chi connectivity index (χ3n) is 2.81. The van der Waals surface area contributed by atoms with Crippen molar-refractivity contribution in [1.82, 2.24) is 4.90 Å². The SMILES string of the molecule is O=C1CN2CCC1CC2C(=O)O. The summed E-state index contributed by atoms with van der Waals surface area (Å²) in [5, 5.41) is 8.79. The van der Waals surface area contributed by atoms with E-state index in [9.17, 15) is 9.59 Å². The van der Waals surface area contributed by atoms with Crippen LogP contribution in [-0.4, -0.2) is 40.9 Å². The lowest BCUT2D eigenvalue weighted by molar-refractivity contribution is -0.151. The quantitative estimate of drug-likeness (QED) is 0.587. The van der Waals surface area contributed by atoms with Crippen molar-refractivity contribution in [3.8, 4) is 0 Å². The van der Waals surface area contributed by atoms with E-state index in [2.05, 4.69) is 0 Å². The minimum atomic E-state index is -0.785. The predicted molar refractivity (Wildman–Crippen MR) is 40.7 cm³/mol. The first-order valence-corrected chi connectivity index (χ1v) is 4.18. The van der Waals surface area contributed by atoms with Crippen molar-refractivity contribution in [3.05, 3.63) is 0 Å². The van der Waals surface area contributed by atoms with E-state index in [1.807, 2.05) is 0 Å². The molecule has 1 N–H and O–H groups in total. The van der Waals surface area contributed by atoms with Crippen LogP contribution in [0.2, 0.25) is 0 Å². The van der Waals surface area contributed by atoms with E-state index in [0.717, 1.165) is 13.0 Å². The maximum absolute atomic E-state index is 11.2. The van der Waals surface area contributed by atoms with Crippen molar-refractivity contribution in [2.45, 2.75) is 18.9 Å². The molecule has 2 bridgehead atoms. The molecular formula is C8H11NO3. The maximum atomic E-state index is 11.2. The molecule has 0 amide bonds. The molecule has 0 aromatic carbocycles. The lowest BCUT2D eigenvalue weighted by Gasteiger charge is -2.41. The Morgan fingerprint density at radius 3 is 2.75 bits per heavy atom. The smallest absolute Gasteiger partial charge is 0.320 e. The summed E-state index contributed by atoms with van der Waals surface area (Å²) in [6.07, 6.45) is 1.37. The Morgan fingerprint density at radius 1 is 1.58 bits per heavy atom. The van der Waals surface area contributed by atoms with E-state index < -0.39 is 12.0 Å². The Morgan fingerprint density at radius 2 is 2.33 bits per heavy atom. The average Bonchev–Trinajstić information content (AvgIpc) is 2.04. The summed E-state index contributed by atoms with van der Waals surface area (Å²) < 4.78 is 0. The topological polar surface area (TPSA) is 57.6 Å². The van der Waals surface area contributed by atoms with E-state index in [1.165, 1.54) is 0 Å². The number of carboxylic acids is 1. The number of rotatable bonds is 1. The maximum Gasteiger partial charge on any atom is 0.320 e. The molecule has 3 atom stereocenters. The zero-order valence-electron chi connectivity index (χ0n) is 6.69. The van der Waals surface area contributed by atoms with Crippen molar-refractivity contribution < 1.29 is 14.7 Å². The van der Waals surface area contributed by atoms with Crippen LogP contribution in [0.15, 0.2) is 0 Å². The molecule has 3 aliphatic heterocycles. The van der Waals surface area contributed by atoms with Crippen molar-refractivity contribution in [2.24, 2.45) is 5.92 Å². The van der Waals surface area contributed by atoms with Crippen LogP contribution in [0.25, 0.3) is 0 Å². The molecule has 3 fully saturated rings. The van der Waals surface area contributed by atoms with Crippen LogP contribution in [0.4, 0.5) is 0 Å². The lowest BCUT2D eigenvalue weighted by atomic mass is 9.82. The lowest BCUT2D eigenvalue weighted by Crippen LogP contribution is -2.56. The van der Waals surface area contributed by atoms with Crippen molar-refractivity contribution in [3.63, 3.8) is 0 Å². The zero-order chi connectivity index (χ0) is 8.72. The molecule has 0 saturated carbocycles. The van der Waals surface area contributed by atoms with Crippen LogP contribution >= 0.6 is 0 Å². The number of fused-ring (bicyclic) bond motifs is 3. The molecule has 0 spiro atoms. The highest BCUT2D eigenvalue weighted by Crippen LogP contribution is 2.29. The molecule has 0 aromatic rings. The minimum absolute atomic E-state index is 0.0242. The summed E-state index contributed by atoms with van der Waals surface area (Å²) in [5.74, 6) is -0.540. The average molecular weight is 169 g/mol. The second-order valence-electron chi connectivity index (χ2n) is 3.51. The van der Waals surface area contributed by atoms with Crippen molar-refractivity contribution in [2.75, 3.05) is 13.1 Å². The fraction of sp³-hybridized carbons (Fsp3) is 0.750. The van der Waals surface area contributed by atoms with Crippen molar-refractivity contribution in [1.29, 1.82) is 0 Å². The van der Waals surface area contributed by atoms with Gasteiger partial charge in [0.1, 0.15) is 11.8 Å². The van der Waals surface area contributed by atoms with Crippen LogP contribution in [0.3, 0.4) is 0 Å². The van der Waals surface area contributed by atoms with Gasteiger partial charge in [0.2, 0.25) is 0 Å². The van der Waals surface area contributed by atoms with Gasteiger partial charge >= 0.3 is 5.97 Å². The standard InChI is InChI=1S/C8H11NO3/c10-7-4-9-2-1-5(7)3-6(9)8(11)12/h5-6H,1-4H2,(H,11,12). The summed E-state index contributed by atoms with van der Waals surface area (Å²) in [6, 6.07) is -0.401. The summed E-state index contributed by atoms with van der Waals surface area (Å²) >= 11 is 0. The highest BCUT2D eigenvalue weighted by atomic mass is 16.4. The van der Waals surface area contributed by atoms with E-state index in [1.54, 1.807) is 4.90 Å². The van der Waals surface area contributed by atoms with Crippen molar-refractivity contribution >= 4 is 11.8 Å². The van der Waals surface area contributed by atoms with E-state index in [4.69, 9.17) is 5.11 Å². The van der Waals surface area contributed by atoms with Crippen LogP contribution in [0.1, 0.15) is 12.8 Å². The third-order valence-corrected chi connectivity index (χ3v) is 2.81. The Labute approximate surface area is 70.2 Å². The number of hydrogen-bond donors (Lipinski definition) is 1. The van der Waals surface area contributed by atoms with E-state index in [-0.39, 0.29) is 11.7 Å². The molecule has 3 aliphatic rings. The fourth-order valence-corrected chi connectivity index (χ4v) is 2.08. The summed E-state index contributed by atoms with van der Waals surface area (Å²) in [7, 11) is 0. The first-order valence-electron chi connectivity index (χ1n) is 4.18. The molecule has 4 nitrogen and oxygen atoms in total. The zero-order valence-corrected chi connectivity index (χ0v) is 6.69. The number of carboxylic acid groups (broad SMARTS) is 1. The van der Waals surface area contributed by atoms with Gasteiger partial charge in [-0.15, -0.1) is 0 Å². The van der Waals surface area contributed by atoms with Crippen LogP contribution in [0, 0.1) is 5.92 Å². The summed E-state index contributed by atoms with van der Waals surface area (Å²) in [6.45, 7) is 1.12. The molecule has 66 valence electrons. The summed E-state index contributed by atoms with van der Waals surface area (Å²) in [5.41, 5.74) is 0. The van der Waals surface area contributed by atoms with Gasteiger partial charge in [-0.2, -0.15) is 0 Å². The Bertz CT molecular complexity index is 238. The van der Waals surface area contributed by atoms with Crippen LogP contribution in [0.5, 0.6) is 0 Å². The molecule has 3 heterocycles. The third kappa shape index (κ3) is 1.03. The highest BCUT2D eigenvalue weighted by Gasteiger charge is 2.42. The second kappa shape index (κ2) is 2.55.